The number of carbonyl (C=O) groups excluding carboxylic acids is 1. The SMILES string of the molecule is C1=NCCO1.C1CNOC1.C1COCN1.O=C1NCCO1. The molecule has 3 N–H and O–H groups in total. The summed E-state index contributed by atoms with van der Waals surface area (Å²) in [6, 6.07) is 0. The first kappa shape index (κ1) is 17.6. The lowest BCUT2D eigenvalue weighted by atomic mass is 10.5. The average molecular weight is 304 g/mol. The van der Waals surface area contributed by atoms with Gasteiger partial charge >= 0.3 is 6.09 Å². The van der Waals surface area contributed by atoms with E-state index in [4.69, 9.17) is 9.57 Å². The van der Waals surface area contributed by atoms with Crippen molar-refractivity contribution in [3.63, 3.8) is 0 Å². The molecule has 0 unspecified atom stereocenters. The van der Waals surface area contributed by atoms with Gasteiger partial charge in [-0.2, -0.15) is 0 Å². The number of hydroxylamine groups is 1. The van der Waals surface area contributed by atoms with Crippen LogP contribution < -0.4 is 16.1 Å². The maximum absolute atomic E-state index is 9.91. The molecule has 122 valence electrons. The number of carbonyl (C=O) groups is 1. The number of hydrogen-bond acceptors (Lipinski definition) is 8. The Labute approximate surface area is 124 Å². The van der Waals surface area contributed by atoms with Crippen LogP contribution in [0, 0.1) is 0 Å². The fourth-order valence-electron chi connectivity index (χ4n) is 1.33. The Morgan fingerprint density at radius 3 is 2.24 bits per heavy atom. The lowest BCUT2D eigenvalue weighted by Gasteiger charge is -1.80. The molecule has 4 aliphatic rings. The first-order chi connectivity index (χ1) is 10.4. The van der Waals surface area contributed by atoms with E-state index in [0.717, 1.165) is 46.2 Å². The van der Waals surface area contributed by atoms with Crippen molar-refractivity contribution in [2.75, 3.05) is 59.3 Å². The molecule has 0 aromatic rings. The van der Waals surface area contributed by atoms with Crippen molar-refractivity contribution in [2.24, 2.45) is 4.99 Å². The van der Waals surface area contributed by atoms with Gasteiger partial charge in [0.2, 0.25) is 0 Å². The van der Waals surface area contributed by atoms with Crippen molar-refractivity contribution in [3.8, 4) is 0 Å². The molecule has 9 nitrogen and oxygen atoms in total. The van der Waals surface area contributed by atoms with Crippen molar-refractivity contribution >= 4 is 12.5 Å². The highest BCUT2D eigenvalue weighted by Crippen LogP contribution is 1.83. The van der Waals surface area contributed by atoms with Gasteiger partial charge in [-0.3, -0.25) is 10.3 Å². The maximum Gasteiger partial charge on any atom is 0.407 e. The van der Waals surface area contributed by atoms with Crippen LogP contribution in [0.2, 0.25) is 0 Å². The van der Waals surface area contributed by atoms with Crippen molar-refractivity contribution < 1.29 is 23.8 Å². The van der Waals surface area contributed by atoms with E-state index in [9.17, 15) is 4.79 Å². The highest BCUT2D eigenvalue weighted by atomic mass is 16.6. The second kappa shape index (κ2) is 13.6. The molecule has 0 atom stereocenters. The van der Waals surface area contributed by atoms with E-state index < -0.39 is 0 Å². The van der Waals surface area contributed by atoms with Crippen LogP contribution in [0.1, 0.15) is 6.42 Å². The van der Waals surface area contributed by atoms with E-state index in [2.05, 4.69) is 30.6 Å². The summed E-state index contributed by atoms with van der Waals surface area (Å²) in [5.41, 5.74) is 2.72. The molecule has 0 aromatic carbocycles. The molecule has 1 amide bonds. The molecule has 21 heavy (non-hydrogen) atoms. The van der Waals surface area contributed by atoms with Crippen LogP contribution in [0.3, 0.4) is 0 Å². The van der Waals surface area contributed by atoms with E-state index >= 15 is 0 Å². The van der Waals surface area contributed by atoms with E-state index in [1.807, 2.05) is 0 Å². The zero-order valence-corrected chi connectivity index (χ0v) is 12.1. The number of hydrogen-bond donors (Lipinski definition) is 3. The third-order valence-electron chi connectivity index (χ3n) is 2.35. The van der Waals surface area contributed by atoms with Gasteiger partial charge in [0.25, 0.3) is 0 Å². The van der Waals surface area contributed by atoms with Crippen LogP contribution in [-0.4, -0.2) is 71.8 Å². The standard InChI is InChI=1S/C3H5NO2.C3H7NO.C3H5NO.C3H7NO/c5-3-4-1-2-6-3;2*1-2-5-3-4-1;1-2-4-5-3-1/h1-2H2,(H,4,5);4H,1-3H2;3H,1-2H2;4H,1-3H2. The lowest BCUT2D eigenvalue weighted by Crippen LogP contribution is -2.11. The van der Waals surface area contributed by atoms with Gasteiger partial charge in [0.05, 0.1) is 33.0 Å². The number of aliphatic imine (C=N–C) groups is 1. The fraction of sp³-hybridized carbons (Fsp3) is 0.833. The van der Waals surface area contributed by atoms with Gasteiger partial charge in [-0.1, -0.05) is 0 Å². The predicted octanol–water partition coefficient (Wildman–Crippen LogP) is -0.754. The Kier molecular flexibility index (Phi) is 11.4. The second-order valence-corrected chi connectivity index (χ2v) is 4.09. The van der Waals surface area contributed by atoms with Gasteiger partial charge in [-0.25, -0.2) is 10.3 Å². The summed E-state index contributed by atoms with van der Waals surface area (Å²) in [5, 5.41) is 5.46. The number of nitrogens with zero attached hydrogens (tertiary/aromatic N) is 1. The Balaban J connectivity index is 0.000000140. The van der Waals surface area contributed by atoms with Crippen molar-refractivity contribution in [1.82, 2.24) is 16.1 Å². The number of amides is 1. The number of rotatable bonds is 0. The van der Waals surface area contributed by atoms with E-state index in [0.29, 0.717) is 13.2 Å². The summed E-state index contributed by atoms with van der Waals surface area (Å²) >= 11 is 0. The van der Waals surface area contributed by atoms with Crippen molar-refractivity contribution in [2.45, 2.75) is 6.42 Å². The molecule has 0 saturated carbocycles. The Hall–Kier alpha value is -1.42. The van der Waals surface area contributed by atoms with E-state index in [1.54, 1.807) is 0 Å². The molecule has 0 aromatic heterocycles. The zero-order valence-electron chi connectivity index (χ0n) is 12.1. The summed E-state index contributed by atoms with van der Waals surface area (Å²) in [7, 11) is 0. The monoisotopic (exact) mass is 304 g/mol. The molecule has 0 bridgehead atoms. The topological polar surface area (TPSA) is 102 Å². The molecular weight excluding hydrogens is 280 g/mol. The van der Waals surface area contributed by atoms with E-state index in [1.165, 1.54) is 12.8 Å². The summed E-state index contributed by atoms with van der Waals surface area (Å²) in [4.78, 5) is 18.3. The number of nitrogens with one attached hydrogen (secondary N) is 3. The first-order valence-corrected chi connectivity index (χ1v) is 7.03. The molecule has 0 aliphatic carbocycles. The predicted molar refractivity (Wildman–Crippen MR) is 76.1 cm³/mol. The molecule has 3 fully saturated rings. The fourth-order valence-corrected chi connectivity index (χ4v) is 1.33. The smallest absolute Gasteiger partial charge is 0.407 e. The Morgan fingerprint density at radius 1 is 1.10 bits per heavy atom. The summed E-state index contributed by atoms with van der Waals surface area (Å²) in [5.74, 6) is 0. The highest BCUT2D eigenvalue weighted by molar-refractivity contribution is 5.68. The average Bonchev–Trinajstić information content (AvgIpc) is 3.28. The van der Waals surface area contributed by atoms with Gasteiger partial charge in [0.15, 0.2) is 6.40 Å². The van der Waals surface area contributed by atoms with E-state index in [-0.39, 0.29) is 6.09 Å². The van der Waals surface area contributed by atoms with Crippen LogP contribution in [-0.2, 0) is 19.0 Å². The largest absolute Gasteiger partial charge is 0.482 e. The zero-order chi connectivity index (χ0) is 15.0. The minimum Gasteiger partial charge on any atom is -0.482 e. The molecule has 4 heterocycles. The number of alkyl carbamates (subject to hydrolysis) is 1. The molecule has 3 saturated heterocycles. The minimum atomic E-state index is -0.296. The molecule has 4 rings (SSSR count). The quantitative estimate of drug-likeness (QED) is 0.541. The second-order valence-electron chi connectivity index (χ2n) is 4.09. The van der Waals surface area contributed by atoms with Crippen LogP contribution in [0.25, 0.3) is 0 Å². The third-order valence-corrected chi connectivity index (χ3v) is 2.35. The van der Waals surface area contributed by atoms with Gasteiger partial charge in [-0.15, -0.1) is 0 Å². The number of cyclic esters (lactones) is 1. The van der Waals surface area contributed by atoms with Crippen LogP contribution in [0.15, 0.2) is 4.99 Å². The molecular formula is C12H24N4O5. The van der Waals surface area contributed by atoms with Gasteiger partial charge in [-0.05, 0) is 6.42 Å². The molecule has 0 spiro atoms. The van der Waals surface area contributed by atoms with Gasteiger partial charge in [0, 0.05) is 13.1 Å². The maximum atomic E-state index is 9.91. The third kappa shape index (κ3) is 12.1. The van der Waals surface area contributed by atoms with Crippen molar-refractivity contribution in [3.05, 3.63) is 0 Å². The summed E-state index contributed by atoms with van der Waals surface area (Å²) in [6.45, 7) is 7.40. The Morgan fingerprint density at radius 2 is 2.05 bits per heavy atom. The molecule has 4 aliphatic heterocycles. The first-order valence-electron chi connectivity index (χ1n) is 7.03. The summed E-state index contributed by atoms with van der Waals surface area (Å²) in [6.07, 6.45) is 2.36. The molecule has 9 heteroatoms. The van der Waals surface area contributed by atoms with Gasteiger partial charge < -0.3 is 24.4 Å². The lowest BCUT2D eigenvalue weighted by molar-refractivity contribution is 0.103. The minimum absolute atomic E-state index is 0.296. The Bertz CT molecular complexity index is 244. The van der Waals surface area contributed by atoms with Crippen LogP contribution in [0.4, 0.5) is 4.79 Å². The van der Waals surface area contributed by atoms with Crippen LogP contribution in [0.5, 0.6) is 0 Å². The van der Waals surface area contributed by atoms with Gasteiger partial charge in [0.1, 0.15) is 13.2 Å². The number of ether oxygens (including phenoxy) is 3. The summed E-state index contributed by atoms with van der Waals surface area (Å²) < 4.78 is 13.9. The normalized spacial score (nSPS) is 21.6. The highest BCUT2D eigenvalue weighted by Gasteiger charge is 2.06. The van der Waals surface area contributed by atoms with Crippen LogP contribution >= 0.6 is 0 Å². The molecule has 0 radical (unpaired) electrons. The van der Waals surface area contributed by atoms with Crippen molar-refractivity contribution in [1.29, 1.82) is 0 Å².